The third-order valence-electron chi connectivity index (χ3n) is 4.70. The Kier molecular flexibility index (Phi) is 5.59. The number of hydrogen-bond donors (Lipinski definition) is 1. The van der Waals surface area contributed by atoms with Gasteiger partial charge in [0.1, 0.15) is 11.6 Å². The Bertz CT molecular complexity index is 750. The zero-order valence-electron chi connectivity index (χ0n) is 14.7. The Labute approximate surface area is 148 Å². The van der Waals surface area contributed by atoms with E-state index in [0.717, 1.165) is 37.6 Å². The molecule has 1 N–H and O–H groups in total. The first-order valence-corrected chi connectivity index (χ1v) is 8.55. The Morgan fingerprint density at radius 2 is 1.92 bits per heavy atom. The number of nitrogens with zero attached hydrogens (tertiary/aromatic N) is 4. The quantitative estimate of drug-likeness (QED) is 0.903. The van der Waals surface area contributed by atoms with Crippen molar-refractivity contribution in [3.05, 3.63) is 52.7 Å². The molecule has 1 aromatic carbocycles. The van der Waals surface area contributed by atoms with Gasteiger partial charge in [-0.05, 0) is 25.0 Å². The van der Waals surface area contributed by atoms with Crippen molar-refractivity contribution in [3.8, 4) is 6.07 Å². The van der Waals surface area contributed by atoms with Gasteiger partial charge in [-0.15, -0.1) is 5.10 Å². The summed E-state index contributed by atoms with van der Waals surface area (Å²) in [4.78, 5) is 2.41. The van der Waals surface area contributed by atoms with E-state index in [0.29, 0.717) is 17.9 Å². The van der Waals surface area contributed by atoms with Gasteiger partial charge in [0.25, 0.3) is 0 Å². The van der Waals surface area contributed by atoms with Crippen molar-refractivity contribution in [3.63, 3.8) is 0 Å². The van der Waals surface area contributed by atoms with E-state index in [9.17, 15) is 5.26 Å². The van der Waals surface area contributed by atoms with E-state index >= 15 is 0 Å². The predicted molar refractivity (Wildman–Crippen MR) is 96.3 cm³/mol. The zero-order valence-corrected chi connectivity index (χ0v) is 14.7. The topological polar surface area (TPSA) is 74.1 Å². The number of nitrogens with one attached hydrogen (secondary N) is 1. The minimum atomic E-state index is 0.194. The predicted octanol–water partition coefficient (Wildman–Crippen LogP) is 2.45. The second kappa shape index (κ2) is 8.06. The third-order valence-corrected chi connectivity index (χ3v) is 4.70. The summed E-state index contributed by atoms with van der Waals surface area (Å²) in [7, 11) is 0. The molecule has 1 unspecified atom stereocenters. The van der Waals surface area contributed by atoms with Crippen LogP contribution in [0.1, 0.15) is 28.4 Å². The third kappa shape index (κ3) is 3.95. The molecule has 0 amide bonds. The van der Waals surface area contributed by atoms with E-state index < -0.39 is 0 Å². The number of ether oxygens (including phenoxy) is 1. The first kappa shape index (κ1) is 17.3. The molecule has 2 heterocycles. The van der Waals surface area contributed by atoms with Gasteiger partial charge in [-0.25, -0.2) is 0 Å². The lowest BCUT2D eigenvalue weighted by molar-refractivity contribution is 0.0187. The highest BCUT2D eigenvalue weighted by molar-refractivity contribution is 5.55. The molecule has 0 bridgehead atoms. The summed E-state index contributed by atoms with van der Waals surface area (Å²) in [6, 6.07) is 12.9. The van der Waals surface area contributed by atoms with E-state index in [4.69, 9.17) is 4.74 Å². The van der Waals surface area contributed by atoms with Crippen LogP contribution in [0.25, 0.3) is 0 Å². The van der Waals surface area contributed by atoms with Gasteiger partial charge >= 0.3 is 0 Å². The Hall–Kier alpha value is -2.49. The largest absolute Gasteiger partial charge is 0.379 e. The minimum Gasteiger partial charge on any atom is -0.379 e. The first-order chi connectivity index (χ1) is 12.2. The number of nitriles is 1. The molecule has 1 aliphatic heterocycles. The summed E-state index contributed by atoms with van der Waals surface area (Å²) in [5.74, 6) is 0.555. The van der Waals surface area contributed by atoms with Gasteiger partial charge in [0.05, 0.1) is 24.9 Å². The highest BCUT2D eigenvalue weighted by Gasteiger charge is 2.23. The smallest absolute Gasteiger partial charge is 0.167 e. The molecule has 25 heavy (non-hydrogen) atoms. The highest BCUT2D eigenvalue weighted by Crippen LogP contribution is 2.24. The molecule has 130 valence electrons. The molecule has 6 heteroatoms. The van der Waals surface area contributed by atoms with Gasteiger partial charge in [0.15, 0.2) is 5.82 Å². The van der Waals surface area contributed by atoms with Gasteiger partial charge in [-0.1, -0.05) is 30.3 Å². The van der Waals surface area contributed by atoms with E-state index in [-0.39, 0.29) is 6.04 Å². The SMILES string of the molecule is Cc1nnc(NCC(c2ccccc2)N2CCOCC2)c(C#N)c1C. The van der Waals surface area contributed by atoms with Gasteiger partial charge in [0.2, 0.25) is 0 Å². The second-order valence-corrected chi connectivity index (χ2v) is 6.20. The van der Waals surface area contributed by atoms with Crippen LogP contribution in [0.3, 0.4) is 0 Å². The summed E-state index contributed by atoms with van der Waals surface area (Å²) in [5, 5.41) is 21.2. The number of anilines is 1. The normalized spacial score (nSPS) is 16.2. The molecule has 3 rings (SSSR count). The average Bonchev–Trinajstić information content (AvgIpc) is 2.66. The van der Waals surface area contributed by atoms with E-state index in [2.05, 4.69) is 50.7 Å². The Balaban J connectivity index is 1.82. The molecule has 1 saturated heterocycles. The van der Waals surface area contributed by atoms with Crippen LogP contribution in [-0.2, 0) is 4.74 Å². The summed E-state index contributed by atoms with van der Waals surface area (Å²) in [6.45, 7) is 7.72. The Morgan fingerprint density at radius 3 is 2.60 bits per heavy atom. The lowest BCUT2D eigenvalue weighted by atomic mass is 10.0. The van der Waals surface area contributed by atoms with Gasteiger partial charge in [0, 0.05) is 19.6 Å². The summed E-state index contributed by atoms with van der Waals surface area (Å²) in [6.07, 6.45) is 0. The summed E-state index contributed by atoms with van der Waals surface area (Å²) < 4.78 is 5.49. The number of benzene rings is 1. The van der Waals surface area contributed by atoms with Crippen molar-refractivity contribution >= 4 is 5.82 Å². The molecule has 1 atom stereocenters. The average molecular weight is 337 g/mol. The van der Waals surface area contributed by atoms with Crippen molar-refractivity contribution in [2.45, 2.75) is 19.9 Å². The molecule has 1 aromatic heterocycles. The fraction of sp³-hybridized carbons (Fsp3) is 0.421. The second-order valence-electron chi connectivity index (χ2n) is 6.20. The number of rotatable bonds is 5. The summed E-state index contributed by atoms with van der Waals surface area (Å²) >= 11 is 0. The van der Waals surface area contributed by atoms with E-state index in [1.807, 2.05) is 19.9 Å². The molecule has 1 aliphatic rings. The standard InChI is InChI=1S/C19H23N5O/c1-14-15(2)22-23-19(17(14)12-20)21-13-18(16-6-4-3-5-7-16)24-8-10-25-11-9-24/h3-7,18H,8-11,13H2,1-2H3,(H,21,23). The summed E-state index contributed by atoms with van der Waals surface area (Å²) in [5.41, 5.74) is 3.48. The van der Waals surface area contributed by atoms with Crippen LogP contribution in [0.4, 0.5) is 5.82 Å². The van der Waals surface area contributed by atoms with Crippen LogP contribution in [0.15, 0.2) is 30.3 Å². The van der Waals surface area contributed by atoms with Crippen LogP contribution in [-0.4, -0.2) is 47.9 Å². The molecule has 2 aromatic rings. The van der Waals surface area contributed by atoms with E-state index in [1.54, 1.807) is 0 Å². The lowest BCUT2D eigenvalue weighted by Crippen LogP contribution is -2.41. The number of morpholine rings is 1. The monoisotopic (exact) mass is 337 g/mol. The van der Waals surface area contributed by atoms with E-state index in [1.165, 1.54) is 5.56 Å². The highest BCUT2D eigenvalue weighted by atomic mass is 16.5. The first-order valence-electron chi connectivity index (χ1n) is 8.55. The van der Waals surface area contributed by atoms with Crippen molar-refractivity contribution < 1.29 is 4.74 Å². The van der Waals surface area contributed by atoms with Crippen molar-refractivity contribution in [2.75, 3.05) is 38.2 Å². The molecule has 1 fully saturated rings. The molecular weight excluding hydrogens is 314 g/mol. The molecule has 0 aliphatic carbocycles. The van der Waals surface area contributed by atoms with Crippen LogP contribution < -0.4 is 5.32 Å². The zero-order chi connectivity index (χ0) is 17.6. The van der Waals surface area contributed by atoms with Crippen molar-refractivity contribution in [1.29, 1.82) is 5.26 Å². The minimum absolute atomic E-state index is 0.194. The maximum absolute atomic E-state index is 9.47. The molecule has 6 nitrogen and oxygen atoms in total. The number of hydrogen-bond acceptors (Lipinski definition) is 6. The molecule has 0 spiro atoms. The fourth-order valence-electron chi connectivity index (χ4n) is 3.08. The number of aryl methyl sites for hydroxylation is 1. The van der Waals surface area contributed by atoms with Gasteiger partial charge in [-0.2, -0.15) is 10.4 Å². The van der Waals surface area contributed by atoms with Gasteiger partial charge < -0.3 is 10.1 Å². The molecule has 0 radical (unpaired) electrons. The van der Waals surface area contributed by atoms with Gasteiger partial charge in [-0.3, -0.25) is 4.90 Å². The van der Waals surface area contributed by atoms with Crippen LogP contribution >= 0.6 is 0 Å². The van der Waals surface area contributed by atoms with Crippen LogP contribution in [0, 0.1) is 25.2 Å². The van der Waals surface area contributed by atoms with Crippen LogP contribution in [0.5, 0.6) is 0 Å². The maximum Gasteiger partial charge on any atom is 0.167 e. The van der Waals surface area contributed by atoms with Crippen molar-refractivity contribution in [1.82, 2.24) is 15.1 Å². The lowest BCUT2D eigenvalue weighted by Gasteiger charge is -2.35. The fourth-order valence-corrected chi connectivity index (χ4v) is 3.08. The number of aromatic nitrogens is 2. The van der Waals surface area contributed by atoms with Crippen molar-refractivity contribution in [2.24, 2.45) is 0 Å². The van der Waals surface area contributed by atoms with Crippen LogP contribution in [0.2, 0.25) is 0 Å². The molecule has 0 saturated carbocycles. The Morgan fingerprint density at radius 1 is 1.20 bits per heavy atom. The molecular formula is C19H23N5O. The maximum atomic E-state index is 9.47.